The summed E-state index contributed by atoms with van der Waals surface area (Å²) in [6, 6.07) is 14.8. The Morgan fingerprint density at radius 1 is 0.871 bits per heavy atom. The maximum Gasteiger partial charge on any atom is 0.257 e. The van der Waals surface area contributed by atoms with Crippen molar-refractivity contribution in [1.29, 1.82) is 0 Å². The van der Waals surface area contributed by atoms with E-state index in [0.717, 1.165) is 50.1 Å². The molecule has 0 N–H and O–H groups in total. The van der Waals surface area contributed by atoms with Crippen LogP contribution < -0.4 is 9.47 Å². The van der Waals surface area contributed by atoms with Crippen LogP contribution >= 0.6 is 0 Å². The Balaban J connectivity index is 1.25. The maximum absolute atomic E-state index is 12.8. The molecule has 2 saturated heterocycles. The maximum atomic E-state index is 12.8. The van der Waals surface area contributed by atoms with E-state index >= 15 is 0 Å². The molecule has 0 aliphatic carbocycles. The average Bonchev–Trinajstić information content (AvgIpc) is 3.37. The third-order valence-electron chi connectivity index (χ3n) is 6.22. The summed E-state index contributed by atoms with van der Waals surface area (Å²) >= 11 is 0. The molecule has 0 saturated carbocycles. The number of rotatable bonds is 6. The first kappa shape index (κ1) is 21.2. The van der Waals surface area contributed by atoms with E-state index in [1.54, 1.807) is 7.11 Å². The largest absolute Gasteiger partial charge is 0.496 e. The summed E-state index contributed by atoms with van der Waals surface area (Å²) in [5.74, 6) is 1.94. The van der Waals surface area contributed by atoms with Crippen molar-refractivity contribution in [3.63, 3.8) is 0 Å². The fourth-order valence-electron chi connectivity index (χ4n) is 4.30. The summed E-state index contributed by atoms with van der Waals surface area (Å²) in [4.78, 5) is 29.1. The van der Waals surface area contributed by atoms with Crippen LogP contribution in [0.15, 0.2) is 48.5 Å². The second-order valence-corrected chi connectivity index (χ2v) is 8.27. The first-order chi connectivity index (χ1) is 15.2. The molecule has 6 heteroatoms. The van der Waals surface area contributed by atoms with Crippen LogP contribution in [-0.4, -0.2) is 61.5 Å². The normalized spacial score (nSPS) is 16.9. The second-order valence-electron chi connectivity index (χ2n) is 8.27. The summed E-state index contributed by atoms with van der Waals surface area (Å²) < 4.78 is 11.3. The number of para-hydroxylation sites is 1. The van der Waals surface area contributed by atoms with Gasteiger partial charge in [0.05, 0.1) is 19.3 Å². The van der Waals surface area contributed by atoms with E-state index in [2.05, 4.69) is 0 Å². The molecule has 6 nitrogen and oxygen atoms in total. The first-order valence-electron chi connectivity index (χ1n) is 11.1. The lowest BCUT2D eigenvalue weighted by Crippen LogP contribution is -2.39. The van der Waals surface area contributed by atoms with Gasteiger partial charge in [-0.3, -0.25) is 9.59 Å². The van der Waals surface area contributed by atoms with E-state index in [1.807, 2.05) is 58.3 Å². The molecule has 2 aliphatic rings. The lowest BCUT2D eigenvalue weighted by atomic mass is 9.97. The second kappa shape index (κ2) is 9.86. The van der Waals surface area contributed by atoms with Crippen LogP contribution in [0.2, 0.25) is 0 Å². The van der Waals surface area contributed by atoms with Crippen molar-refractivity contribution in [2.24, 2.45) is 5.92 Å². The van der Waals surface area contributed by atoms with Crippen molar-refractivity contribution in [2.45, 2.75) is 25.7 Å². The molecule has 0 radical (unpaired) electrons. The van der Waals surface area contributed by atoms with Crippen molar-refractivity contribution < 1.29 is 19.1 Å². The van der Waals surface area contributed by atoms with Gasteiger partial charge in [0.25, 0.3) is 11.8 Å². The van der Waals surface area contributed by atoms with Gasteiger partial charge in [-0.25, -0.2) is 0 Å². The lowest BCUT2D eigenvalue weighted by molar-refractivity contribution is 0.0657. The molecule has 0 spiro atoms. The van der Waals surface area contributed by atoms with Gasteiger partial charge in [0.2, 0.25) is 0 Å². The van der Waals surface area contributed by atoms with E-state index in [1.165, 1.54) is 0 Å². The zero-order valence-electron chi connectivity index (χ0n) is 18.1. The summed E-state index contributed by atoms with van der Waals surface area (Å²) in [6.45, 7) is 3.77. The molecule has 2 heterocycles. The van der Waals surface area contributed by atoms with Crippen LogP contribution in [0.4, 0.5) is 0 Å². The molecule has 2 fully saturated rings. The SMILES string of the molecule is COc1ccccc1C(=O)N1CCC(COc2ccc(C(=O)N3CCCC3)cc2)CC1. The Labute approximate surface area is 183 Å². The van der Waals surface area contributed by atoms with Crippen molar-refractivity contribution in [3.05, 3.63) is 59.7 Å². The lowest BCUT2D eigenvalue weighted by Gasteiger charge is -2.32. The number of nitrogens with zero attached hydrogens (tertiary/aromatic N) is 2. The van der Waals surface area contributed by atoms with Gasteiger partial charge in [0, 0.05) is 31.7 Å². The first-order valence-corrected chi connectivity index (χ1v) is 11.1. The Hall–Kier alpha value is -3.02. The van der Waals surface area contributed by atoms with Gasteiger partial charge < -0.3 is 19.3 Å². The molecule has 2 aromatic rings. The molecule has 0 unspecified atom stereocenters. The number of piperidine rings is 1. The summed E-state index contributed by atoms with van der Waals surface area (Å²) in [5.41, 5.74) is 1.33. The number of hydrogen-bond donors (Lipinski definition) is 0. The molecule has 0 bridgehead atoms. The van der Waals surface area contributed by atoms with Crippen LogP contribution in [0.1, 0.15) is 46.4 Å². The highest BCUT2D eigenvalue weighted by atomic mass is 16.5. The van der Waals surface area contributed by atoms with Crippen LogP contribution in [0.25, 0.3) is 0 Å². The Bertz CT molecular complexity index is 898. The molecule has 31 heavy (non-hydrogen) atoms. The predicted molar refractivity (Wildman–Crippen MR) is 119 cm³/mol. The van der Waals surface area contributed by atoms with Crippen LogP contribution in [0, 0.1) is 5.92 Å². The van der Waals surface area contributed by atoms with Gasteiger partial charge in [-0.1, -0.05) is 12.1 Å². The fraction of sp³-hybridized carbons (Fsp3) is 0.440. The fourth-order valence-corrected chi connectivity index (χ4v) is 4.30. The zero-order chi connectivity index (χ0) is 21.6. The van der Waals surface area contributed by atoms with Crippen molar-refractivity contribution in [3.8, 4) is 11.5 Å². The quantitative estimate of drug-likeness (QED) is 0.709. The van der Waals surface area contributed by atoms with Gasteiger partial charge in [0.1, 0.15) is 11.5 Å². The van der Waals surface area contributed by atoms with Gasteiger partial charge in [0.15, 0.2) is 0 Å². The Kier molecular flexibility index (Phi) is 6.75. The third-order valence-corrected chi connectivity index (χ3v) is 6.22. The summed E-state index contributed by atoms with van der Waals surface area (Å²) in [7, 11) is 1.59. The van der Waals surface area contributed by atoms with Gasteiger partial charge in [-0.15, -0.1) is 0 Å². The highest BCUT2D eigenvalue weighted by molar-refractivity contribution is 5.97. The summed E-state index contributed by atoms with van der Waals surface area (Å²) in [6.07, 6.45) is 4.01. The minimum Gasteiger partial charge on any atom is -0.496 e. The molecular weight excluding hydrogens is 392 g/mol. The van der Waals surface area contributed by atoms with Crippen molar-refractivity contribution >= 4 is 11.8 Å². The van der Waals surface area contributed by atoms with E-state index < -0.39 is 0 Å². The number of carbonyl (C=O) groups is 2. The number of methoxy groups -OCH3 is 1. The molecule has 0 aromatic heterocycles. The summed E-state index contributed by atoms with van der Waals surface area (Å²) in [5, 5.41) is 0. The molecule has 4 rings (SSSR count). The average molecular weight is 423 g/mol. The molecule has 0 atom stereocenters. The minimum atomic E-state index is 0.0232. The monoisotopic (exact) mass is 422 g/mol. The van der Waals surface area contributed by atoms with Crippen LogP contribution in [0.3, 0.4) is 0 Å². The molecule has 2 aliphatic heterocycles. The number of benzene rings is 2. The topological polar surface area (TPSA) is 59.1 Å². The van der Waals surface area contributed by atoms with Crippen LogP contribution in [-0.2, 0) is 0 Å². The molecule has 2 amide bonds. The standard InChI is InChI=1S/C25H30N2O4/c1-30-23-7-3-2-6-22(23)25(29)27-16-12-19(13-17-27)18-31-21-10-8-20(9-11-21)24(28)26-14-4-5-15-26/h2-3,6-11,19H,4-5,12-18H2,1H3. The molecule has 2 aromatic carbocycles. The minimum absolute atomic E-state index is 0.0232. The number of amides is 2. The highest BCUT2D eigenvalue weighted by Gasteiger charge is 2.26. The number of ether oxygens (including phenoxy) is 2. The highest BCUT2D eigenvalue weighted by Crippen LogP contribution is 2.24. The Morgan fingerprint density at radius 3 is 2.19 bits per heavy atom. The van der Waals surface area contributed by atoms with Crippen molar-refractivity contribution in [1.82, 2.24) is 9.80 Å². The van der Waals surface area contributed by atoms with E-state index in [4.69, 9.17) is 9.47 Å². The molecular formula is C25H30N2O4. The van der Waals surface area contributed by atoms with Crippen LogP contribution in [0.5, 0.6) is 11.5 Å². The van der Waals surface area contributed by atoms with Gasteiger partial charge >= 0.3 is 0 Å². The van der Waals surface area contributed by atoms with E-state index in [-0.39, 0.29) is 11.8 Å². The van der Waals surface area contributed by atoms with E-state index in [9.17, 15) is 9.59 Å². The number of likely N-dealkylation sites (tertiary alicyclic amines) is 2. The van der Waals surface area contributed by atoms with Gasteiger partial charge in [-0.05, 0) is 68.0 Å². The smallest absolute Gasteiger partial charge is 0.257 e. The third kappa shape index (κ3) is 5.01. The molecule has 164 valence electrons. The Morgan fingerprint density at radius 2 is 1.52 bits per heavy atom. The number of hydrogen-bond acceptors (Lipinski definition) is 4. The predicted octanol–water partition coefficient (Wildman–Crippen LogP) is 3.86. The van der Waals surface area contributed by atoms with E-state index in [0.29, 0.717) is 36.9 Å². The zero-order valence-corrected chi connectivity index (χ0v) is 18.1. The van der Waals surface area contributed by atoms with Gasteiger partial charge in [-0.2, -0.15) is 0 Å². The van der Waals surface area contributed by atoms with Crippen molar-refractivity contribution in [2.75, 3.05) is 39.9 Å². The number of carbonyl (C=O) groups excluding carboxylic acids is 2.